The zero-order valence-corrected chi connectivity index (χ0v) is 8.34. The number of ether oxygens (including phenoxy) is 1. The lowest BCUT2D eigenvalue weighted by molar-refractivity contribution is -0.150. The molecule has 0 saturated carbocycles. The van der Waals surface area contributed by atoms with Crippen molar-refractivity contribution in [2.45, 2.75) is 32.6 Å². The molecular weight excluding hydrogens is 166 g/mol. The summed E-state index contributed by atoms with van der Waals surface area (Å²) in [7, 11) is 0. The predicted molar refractivity (Wildman–Crippen MR) is 51.5 cm³/mol. The second-order valence-electron chi connectivity index (χ2n) is 3.58. The normalized spacial score (nSPS) is 16.7. The van der Waals surface area contributed by atoms with Crippen LogP contribution < -0.4 is 5.32 Å². The van der Waals surface area contributed by atoms with Gasteiger partial charge in [0, 0.05) is 13.1 Å². The summed E-state index contributed by atoms with van der Waals surface area (Å²) in [6.07, 6.45) is 4.65. The highest BCUT2D eigenvalue weighted by Gasteiger charge is 2.25. The molecule has 1 saturated heterocycles. The number of esters is 1. The number of carbonyl (C=O) groups excluding carboxylic acids is 1. The molecular formula is C10H19NO2. The summed E-state index contributed by atoms with van der Waals surface area (Å²) in [5, 5.41) is 3.05. The van der Waals surface area contributed by atoms with Crippen LogP contribution in [-0.2, 0) is 9.53 Å². The van der Waals surface area contributed by atoms with Crippen molar-refractivity contribution < 1.29 is 9.53 Å². The molecule has 1 aliphatic heterocycles. The number of carbonyl (C=O) groups is 1. The van der Waals surface area contributed by atoms with Crippen LogP contribution in [0, 0.1) is 5.92 Å². The van der Waals surface area contributed by atoms with Gasteiger partial charge in [-0.25, -0.2) is 0 Å². The van der Waals surface area contributed by atoms with Crippen LogP contribution in [0.15, 0.2) is 0 Å². The minimum Gasteiger partial charge on any atom is -0.465 e. The van der Waals surface area contributed by atoms with E-state index in [0.717, 1.165) is 19.5 Å². The molecule has 3 nitrogen and oxygen atoms in total. The molecule has 0 unspecified atom stereocenters. The van der Waals surface area contributed by atoms with Gasteiger partial charge in [-0.05, 0) is 6.42 Å². The number of unbranched alkanes of at least 4 members (excludes halogenated alkanes) is 3. The van der Waals surface area contributed by atoms with Crippen molar-refractivity contribution in [3.63, 3.8) is 0 Å². The Balaban J connectivity index is 1.89. The van der Waals surface area contributed by atoms with E-state index in [1.165, 1.54) is 19.3 Å². The zero-order chi connectivity index (χ0) is 9.52. The van der Waals surface area contributed by atoms with Gasteiger partial charge in [-0.3, -0.25) is 4.79 Å². The van der Waals surface area contributed by atoms with Gasteiger partial charge in [0.2, 0.25) is 0 Å². The van der Waals surface area contributed by atoms with Crippen molar-refractivity contribution in [3.8, 4) is 0 Å². The Morgan fingerprint density at radius 3 is 2.69 bits per heavy atom. The van der Waals surface area contributed by atoms with Gasteiger partial charge in [0.05, 0.1) is 12.5 Å². The summed E-state index contributed by atoms with van der Waals surface area (Å²) in [6.45, 7) is 4.38. The average Bonchev–Trinajstić information content (AvgIpc) is 2.01. The lowest BCUT2D eigenvalue weighted by Crippen LogP contribution is -2.47. The Hall–Kier alpha value is -0.570. The van der Waals surface area contributed by atoms with Gasteiger partial charge in [-0.1, -0.05) is 26.2 Å². The van der Waals surface area contributed by atoms with Crippen LogP contribution in [0.2, 0.25) is 0 Å². The largest absolute Gasteiger partial charge is 0.465 e. The second-order valence-corrected chi connectivity index (χ2v) is 3.58. The third kappa shape index (κ3) is 3.77. The molecule has 1 fully saturated rings. The number of nitrogens with one attached hydrogen (secondary N) is 1. The summed E-state index contributed by atoms with van der Waals surface area (Å²) in [6, 6.07) is 0. The summed E-state index contributed by atoms with van der Waals surface area (Å²) in [4.78, 5) is 11.2. The lowest BCUT2D eigenvalue weighted by atomic mass is 10.0. The highest BCUT2D eigenvalue weighted by molar-refractivity contribution is 5.73. The molecule has 0 aromatic carbocycles. The Morgan fingerprint density at radius 2 is 2.15 bits per heavy atom. The molecule has 3 heteroatoms. The number of hydrogen-bond donors (Lipinski definition) is 1. The minimum atomic E-state index is -0.0183. The molecule has 0 bridgehead atoms. The van der Waals surface area contributed by atoms with Crippen LogP contribution in [0.5, 0.6) is 0 Å². The van der Waals surface area contributed by atoms with Crippen molar-refractivity contribution in [3.05, 3.63) is 0 Å². The van der Waals surface area contributed by atoms with Crippen molar-refractivity contribution in [2.24, 2.45) is 5.92 Å². The topological polar surface area (TPSA) is 38.3 Å². The van der Waals surface area contributed by atoms with E-state index < -0.39 is 0 Å². The Labute approximate surface area is 79.8 Å². The quantitative estimate of drug-likeness (QED) is 0.501. The van der Waals surface area contributed by atoms with Gasteiger partial charge in [-0.15, -0.1) is 0 Å². The molecule has 1 rings (SSSR count). The molecule has 0 aromatic heterocycles. The van der Waals surface area contributed by atoms with E-state index in [9.17, 15) is 4.79 Å². The van der Waals surface area contributed by atoms with E-state index in [4.69, 9.17) is 4.74 Å². The van der Waals surface area contributed by atoms with Gasteiger partial charge < -0.3 is 10.1 Å². The first kappa shape index (κ1) is 10.5. The third-order valence-corrected chi connectivity index (χ3v) is 2.36. The molecule has 0 atom stereocenters. The van der Waals surface area contributed by atoms with Crippen LogP contribution in [0.1, 0.15) is 32.6 Å². The molecule has 0 aliphatic carbocycles. The van der Waals surface area contributed by atoms with E-state index in [1.54, 1.807) is 0 Å². The average molecular weight is 185 g/mol. The van der Waals surface area contributed by atoms with E-state index in [1.807, 2.05) is 0 Å². The van der Waals surface area contributed by atoms with E-state index in [2.05, 4.69) is 12.2 Å². The lowest BCUT2D eigenvalue weighted by Gasteiger charge is -2.24. The molecule has 1 heterocycles. The SMILES string of the molecule is CCCCCCOC(=O)C1CNC1. The van der Waals surface area contributed by atoms with E-state index >= 15 is 0 Å². The fraction of sp³-hybridized carbons (Fsp3) is 0.900. The molecule has 13 heavy (non-hydrogen) atoms. The number of hydrogen-bond acceptors (Lipinski definition) is 3. The first-order valence-electron chi connectivity index (χ1n) is 5.22. The number of rotatable bonds is 6. The Bertz CT molecular complexity index is 155. The highest BCUT2D eigenvalue weighted by atomic mass is 16.5. The Kier molecular flexibility index (Phi) is 4.83. The van der Waals surface area contributed by atoms with Crippen LogP contribution >= 0.6 is 0 Å². The molecule has 0 radical (unpaired) electrons. The molecule has 76 valence electrons. The fourth-order valence-electron chi connectivity index (χ4n) is 1.27. The van der Waals surface area contributed by atoms with Gasteiger partial charge in [0.15, 0.2) is 0 Å². The standard InChI is InChI=1S/C10H19NO2/c1-2-3-4-5-6-13-10(12)9-7-11-8-9/h9,11H,2-8H2,1H3. The van der Waals surface area contributed by atoms with Crippen molar-refractivity contribution in [1.82, 2.24) is 5.32 Å². The maximum atomic E-state index is 11.2. The van der Waals surface area contributed by atoms with Gasteiger partial charge in [0.1, 0.15) is 0 Å². The van der Waals surface area contributed by atoms with Gasteiger partial charge >= 0.3 is 5.97 Å². The predicted octanol–water partition coefficient (Wildman–Crippen LogP) is 1.33. The maximum absolute atomic E-state index is 11.2. The summed E-state index contributed by atoms with van der Waals surface area (Å²) < 4.78 is 5.11. The summed E-state index contributed by atoms with van der Waals surface area (Å²) >= 11 is 0. The molecule has 1 N–H and O–H groups in total. The fourth-order valence-corrected chi connectivity index (χ4v) is 1.27. The van der Waals surface area contributed by atoms with Crippen molar-refractivity contribution in [1.29, 1.82) is 0 Å². The molecule has 0 aromatic rings. The highest BCUT2D eigenvalue weighted by Crippen LogP contribution is 2.06. The summed E-state index contributed by atoms with van der Waals surface area (Å²) in [5.74, 6) is 0.112. The van der Waals surface area contributed by atoms with Gasteiger partial charge in [-0.2, -0.15) is 0 Å². The van der Waals surface area contributed by atoms with E-state index in [-0.39, 0.29) is 11.9 Å². The zero-order valence-electron chi connectivity index (χ0n) is 8.34. The molecule has 1 aliphatic rings. The van der Waals surface area contributed by atoms with Gasteiger partial charge in [0.25, 0.3) is 0 Å². The maximum Gasteiger partial charge on any atom is 0.311 e. The second kappa shape index (κ2) is 5.97. The Morgan fingerprint density at radius 1 is 1.38 bits per heavy atom. The first-order valence-corrected chi connectivity index (χ1v) is 5.22. The van der Waals surface area contributed by atoms with Crippen LogP contribution in [-0.4, -0.2) is 25.7 Å². The first-order chi connectivity index (χ1) is 6.34. The van der Waals surface area contributed by atoms with E-state index in [0.29, 0.717) is 6.61 Å². The minimum absolute atomic E-state index is 0.0183. The third-order valence-electron chi connectivity index (χ3n) is 2.36. The van der Waals surface area contributed by atoms with Crippen LogP contribution in [0.25, 0.3) is 0 Å². The monoisotopic (exact) mass is 185 g/mol. The molecule has 0 amide bonds. The van der Waals surface area contributed by atoms with Crippen LogP contribution in [0.3, 0.4) is 0 Å². The van der Waals surface area contributed by atoms with Crippen molar-refractivity contribution in [2.75, 3.05) is 19.7 Å². The summed E-state index contributed by atoms with van der Waals surface area (Å²) in [5.41, 5.74) is 0. The smallest absolute Gasteiger partial charge is 0.311 e. The van der Waals surface area contributed by atoms with Crippen LogP contribution in [0.4, 0.5) is 0 Å². The van der Waals surface area contributed by atoms with Crippen molar-refractivity contribution >= 4 is 5.97 Å². The molecule has 0 spiro atoms.